The molecule has 0 atom stereocenters. The first kappa shape index (κ1) is 14.2. The van der Waals surface area contributed by atoms with Crippen LogP contribution in [0.1, 0.15) is 58.3 Å². The number of unbranched alkanes of at least 4 members (excludes halogenated alkanes) is 6. The molecule has 0 N–H and O–H groups in total. The molecular weight excluding hydrogens is 184 g/mol. The summed E-state index contributed by atoms with van der Waals surface area (Å²) < 4.78 is 0. The highest BCUT2D eigenvalue weighted by atomic mass is 16.1. The smallest absolute Gasteiger partial charge is 0.142 e. The Balaban J connectivity index is 3.09. The number of allylic oxidation sites excluding steroid dienone is 4. The van der Waals surface area contributed by atoms with Crippen molar-refractivity contribution in [3.05, 3.63) is 24.3 Å². The number of hydrogen-bond acceptors (Lipinski definition) is 1. The summed E-state index contributed by atoms with van der Waals surface area (Å²) in [4.78, 5) is 9.97. The van der Waals surface area contributed by atoms with Gasteiger partial charge in [-0.3, -0.25) is 4.79 Å². The van der Waals surface area contributed by atoms with Gasteiger partial charge in [0.15, 0.2) is 0 Å². The zero-order valence-corrected chi connectivity index (χ0v) is 9.95. The zero-order valence-electron chi connectivity index (χ0n) is 9.95. The second-order valence-corrected chi connectivity index (χ2v) is 3.82. The van der Waals surface area contributed by atoms with Crippen LogP contribution in [-0.4, -0.2) is 6.29 Å². The predicted molar refractivity (Wildman–Crippen MR) is 67.0 cm³/mol. The third-order valence-corrected chi connectivity index (χ3v) is 2.35. The third kappa shape index (κ3) is 13.2. The van der Waals surface area contributed by atoms with Crippen molar-refractivity contribution in [2.45, 2.75) is 58.3 Å². The Labute approximate surface area is 94.3 Å². The van der Waals surface area contributed by atoms with E-state index in [1.54, 1.807) is 6.08 Å². The van der Waals surface area contributed by atoms with E-state index in [-0.39, 0.29) is 0 Å². The summed E-state index contributed by atoms with van der Waals surface area (Å²) in [5.74, 6) is 0. The molecule has 0 aliphatic rings. The van der Waals surface area contributed by atoms with Crippen LogP contribution in [0.3, 0.4) is 0 Å². The van der Waals surface area contributed by atoms with Gasteiger partial charge in [0.2, 0.25) is 0 Å². The molecule has 0 aromatic carbocycles. The van der Waals surface area contributed by atoms with Gasteiger partial charge in [0, 0.05) is 0 Å². The maximum absolute atomic E-state index is 9.97. The Bertz CT molecular complexity index is 180. The largest absolute Gasteiger partial charge is 0.299 e. The van der Waals surface area contributed by atoms with Crippen LogP contribution >= 0.6 is 0 Å². The first-order valence-electron chi connectivity index (χ1n) is 6.17. The second-order valence-electron chi connectivity index (χ2n) is 3.82. The Morgan fingerprint density at radius 2 is 1.33 bits per heavy atom. The van der Waals surface area contributed by atoms with Crippen LogP contribution in [0.25, 0.3) is 0 Å². The Morgan fingerprint density at radius 3 is 1.87 bits per heavy atom. The number of aldehydes is 1. The molecule has 0 amide bonds. The van der Waals surface area contributed by atoms with E-state index in [1.165, 1.54) is 44.9 Å². The minimum Gasteiger partial charge on any atom is -0.299 e. The molecule has 15 heavy (non-hydrogen) atoms. The zero-order chi connectivity index (χ0) is 11.2. The van der Waals surface area contributed by atoms with E-state index in [0.29, 0.717) is 0 Å². The summed E-state index contributed by atoms with van der Waals surface area (Å²) in [7, 11) is 0. The average Bonchev–Trinajstić information content (AvgIpc) is 2.26. The van der Waals surface area contributed by atoms with Crippen LogP contribution in [0.15, 0.2) is 24.3 Å². The predicted octanol–water partition coefficient (Wildman–Crippen LogP) is 4.44. The van der Waals surface area contributed by atoms with Crippen molar-refractivity contribution in [2.24, 2.45) is 0 Å². The summed E-state index contributed by atoms with van der Waals surface area (Å²) in [5.41, 5.74) is 0. The van der Waals surface area contributed by atoms with Crippen LogP contribution in [0.2, 0.25) is 0 Å². The van der Waals surface area contributed by atoms with Crippen LogP contribution in [0, 0.1) is 0 Å². The Kier molecular flexibility index (Phi) is 12.4. The van der Waals surface area contributed by atoms with Crippen molar-refractivity contribution in [1.29, 1.82) is 0 Å². The molecule has 1 nitrogen and oxygen atoms in total. The second kappa shape index (κ2) is 13.2. The summed E-state index contributed by atoms with van der Waals surface area (Å²) in [5, 5.41) is 0. The summed E-state index contributed by atoms with van der Waals surface area (Å²) >= 11 is 0. The van der Waals surface area contributed by atoms with Crippen molar-refractivity contribution in [1.82, 2.24) is 0 Å². The van der Waals surface area contributed by atoms with Crippen LogP contribution < -0.4 is 0 Å². The molecule has 0 spiro atoms. The Hall–Kier alpha value is -0.850. The number of rotatable bonds is 10. The minimum absolute atomic E-state index is 0.841. The molecule has 0 saturated heterocycles. The lowest BCUT2D eigenvalue weighted by molar-refractivity contribution is -0.104. The standard InChI is InChI=1S/C14H24O/c1-2-3-4-5-6-7-8-9-10-11-12-13-14-15/h6-7,12-14H,2-5,8-11H2,1H3/b7-6+,13-12+. The van der Waals surface area contributed by atoms with E-state index in [4.69, 9.17) is 0 Å². The summed E-state index contributed by atoms with van der Waals surface area (Å²) in [6.45, 7) is 2.23. The molecule has 0 fully saturated rings. The molecule has 0 unspecified atom stereocenters. The molecule has 86 valence electrons. The van der Waals surface area contributed by atoms with Crippen molar-refractivity contribution in [3.8, 4) is 0 Å². The first-order chi connectivity index (χ1) is 7.41. The van der Waals surface area contributed by atoms with Gasteiger partial charge in [-0.15, -0.1) is 0 Å². The fourth-order valence-electron chi connectivity index (χ4n) is 1.42. The molecule has 0 heterocycles. The fraction of sp³-hybridized carbons (Fsp3) is 0.643. The van der Waals surface area contributed by atoms with E-state index in [2.05, 4.69) is 19.1 Å². The van der Waals surface area contributed by atoms with Gasteiger partial charge in [0.25, 0.3) is 0 Å². The lowest BCUT2D eigenvalue weighted by Crippen LogP contribution is -1.74. The Morgan fingerprint density at radius 1 is 0.800 bits per heavy atom. The molecule has 1 heteroatoms. The first-order valence-corrected chi connectivity index (χ1v) is 6.17. The van der Waals surface area contributed by atoms with E-state index in [0.717, 1.165) is 12.7 Å². The van der Waals surface area contributed by atoms with Crippen molar-refractivity contribution < 1.29 is 4.79 Å². The van der Waals surface area contributed by atoms with Crippen molar-refractivity contribution in [3.63, 3.8) is 0 Å². The fourth-order valence-corrected chi connectivity index (χ4v) is 1.42. The topological polar surface area (TPSA) is 17.1 Å². The normalized spacial score (nSPS) is 11.5. The maximum atomic E-state index is 9.97. The molecule has 0 bridgehead atoms. The highest BCUT2D eigenvalue weighted by Gasteiger charge is 1.84. The minimum atomic E-state index is 0.841. The van der Waals surface area contributed by atoms with E-state index in [9.17, 15) is 4.79 Å². The molecule has 0 radical (unpaired) electrons. The average molecular weight is 208 g/mol. The van der Waals surface area contributed by atoms with Gasteiger partial charge in [-0.25, -0.2) is 0 Å². The van der Waals surface area contributed by atoms with Crippen molar-refractivity contribution in [2.75, 3.05) is 0 Å². The number of carbonyl (C=O) groups is 1. The van der Waals surface area contributed by atoms with Gasteiger partial charge < -0.3 is 0 Å². The van der Waals surface area contributed by atoms with Gasteiger partial charge in [-0.2, -0.15) is 0 Å². The maximum Gasteiger partial charge on any atom is 0.142 e. The van der Waals surface area contributed by atoms with Crippen LogP contribution in [-0.2, 0) is 4.79 Å². The molecule has 0 aliphatic carbocycles. The van der Waals surface area contributed by atoms with Crippen molar-refractivity contribution >= 4 is 6.29 Å². The van der Waals surface area contributed by atoms with Gasteiger partial charge in [-0.05, 0) is 44.6 Å². The highest BCUT2D eigenvalue weighted by Crippen LogP contribution is 2.04. The molecule has 0 saturated carbocycles. The SMILES string of the molecule is CCCCC/C=C/CCCC/C=C/C=O. The van der Waals surface area contributed by atoms with E-state index in [1.807, 2.05) is 6.08 Å². The quantitative estimate of drug-likeness (QED) is 0.224. The molecular formula is C14H24O. The highest BCUT2D eigenvalue weighted by molar-refractivity contribution is 5.64. The number of hydrogen-bond donors (Lipinski definition) is 0. The van der Waals surface area contributed by atoms with Gasteiger partial charge in [0.1, 0.15) is 6.29 Å². The monoisotopic (exact) mass is 208 g/mol. The van der Waals surface area contributed by atoms with Gasteiger partial charge >= 0.3 is 0 Å². The lowest BCUT2D eigenvalue weighted by Gasteiger charge is -1.93. The molecule has 0 aromatic heterocycles. The van der Waals surface area contributed by atoms with Crippen LogP contribution in [0.5, 0.6) is 0 Å². The van der Waals surface area contributed by atoms with E-state index >= 15 is 0 Å². The molecule has 0 aliphatic heterocycles. The third-order valence-electron chi connectivity index (χ3n) is 2.35. The summed E-state index contributed by atoms with van der Waals surface area (Å²) in [6.07, 6.45) is 18.8. The number of carbonyl (C=O) groups excluding carboxylic acids is 1. The van der Waals surface area contributed by atoms with Gasteiger partial charge in [0.05, 0.1) is 0 Å². The van der Waals surface area contributed by atoms with E-state index < -0.39 is 0 Å². The van der Waals surface area contributed by atoms with Crippen LogP contribution in [0.4, 0.5) is 0 Å². The molecule has 0 rings (SSSR count). The molecule has 0 aromatic rings. The summed E-state index contributed by atoms with van der Waals surface area (Å²) in [6, 6.07) is 0. The van der Waals surface area contributed by atoms with Gasteiger partial charge in [-0.1, -0.05) is 38.0 Å². The lowest BCUT2D eigenvalue weighted by atomic mass is 10.1.